The van der Waals surface area contributed by atoms with Crippen molar-refractivity contribution in [1.82, 2.24) is 5.32 Å². The second-order valence-corrected chi connectivity index (χ2v) is 6.88. The summed E-state index contributed by atoms with van der Waals surface area (Å²) in [6.45, 7) is 0.983. The molecule has 1 saturated carbocycles. The molecule has 18 heavy (non-hydrogen) atoms. The first-order chi connectivity index (χ1) is 8.75. The van der Waals surface area contributed by atoms with Crippen molar-refractivity contribution in [3.63, 3.8) is 0 Å². The van der Waals surface area contributed by atoms with Gasteiger partial charge in [0.2, 0.25) is 0 Å². The van der Waals surface area contributed by atoms with Crippen LogP contribution in [0.25, 0.3) is 0 Å². The van der Waals surface area contributed by atoms with Crippen molar-refractivity contribution in [1.29, 1.82) is 0 Å². The van der Waals surface area contributed by atoms with Crippen LogP contribution in [0.3, 0.4) is 0 Å². The average molecular weight is 375 g/mol. The Morgan fingerprint density at radius 3 is 2.28 bits per heavy atom. The smallest absolute Gasteiger partial charge is 0.0320 e. The molecule has 0 spiro atoms. The molecular formula is C15H21Br2N. The quantitative estimate of drug-likeness (QED) is 0.745. The van der Waals surface area contributed by atoms with E-state index in [9.17, 15) is 0 Å². The van der Waals surface area contributed by atoms with E-state index in [0.29, 0.717) is 6.04 Å². The molecular weight excluding hydrogens is 354 g/mol. The molecule has 1 aromatic rings. The highest BCUT2D eigenvalue weighted by molar-refractivity contribution is 9.13. The topological polar surface area (TPSA) is 12.0 Å². The fourth-order valence-electron chi connectivity index (χ4n) is 2.57. The Balaban J connectivity index is 1.83. The van der Waals surface area contributed by atoms with E-state index >= 15 is 0 Å². The van der Waals surface area contributed by atoms with Crippen LogP contribution in [0.5, 0.6) is 0 Å². The van der Waals surface area contributed by atoms with Crippen LogP contribution in [-0.4, -0.2) is 6.04 Å². The third kappa shape index (κ3) is 4.67. The minimum absolute atomic E-state index is 0.715. The van der Waals surface area contributed by atoms with Gasteiger partial charge in [0.15, 0.2) is 0 Å². The lowest BCUT2D eigenvalue weighted by molar-refractivity contribution is 0.389. The van der Waals surface area contributed by atoms with E-state index < -0.39 is 0 Å². The minimum Gasteiger partial charge on any atom is -0.310 e. The second-order valence-electron chi connectivity index (χ2n) is 5.17. The first-order valence-corrected chi connectivity index (χ1v) is 8.51. The van der Waals surface area contributed by atoms with Gasteiger partial charge in [0, 0.05) is 21.5 Å². The Morgan fingerprint density at radius 2 is 1.61 bits per heavy atom. The lowest BCUT2D eigenvalue weighted by Gasteiger charge is -2.21. The fourth-order valence-corrected chi connectivity index (χ4v) is 3.24. The monoisotopic (exact) mass is 373 g/mol. The Morgan fingerprint density at radius 1 is 0.944 bits per heavy atom. The molecule has 0 radical (unpaired) electrons. The van der Waals surface area contributed by atoms with Crippen molar-refractivity contribution >= 4 is 31.9 Å². The van der Waals surface area contributed by atoms with E-state index in [1.807, 2.05) is 0 Å². The van der Waals surface area contributed by atoms with Crippen molar-refractivity contribution in [2.45, 2.75) is 57.5 Å². The average Bonchev–Trinajstić information content (AvgIpc) is 2.32. The van der Waals surface area contributed by atoms with E-state index in [1.165, 1.54) is 50.5 Å². The lowest BCUT2D eigenvalue weighted by atomic mass is 9.96. The summed E-state index contributed by atoms with van der Waals surface area (Å²) in [5, 5.41) is 3.72. The zero-order valence-corrected chi connectivity index (χ0v) is 13.9. The second kappa shape index (κ2) is 7.66. The Bertz CT molecular complexity index is 371. The lowest BCUT2D eigenvalue weighted by Crippen LogP contribution is -2.29. The summed E-state index contributed by atoms with van der Waals surface area (Å²) >= 11 is 7.07. The summed E-state index contributed by atoms with van der Waals surface area (Å²) in [5.41, 5.74) is 1.35. The van der Waals surface area contributed by atoms with E-state index in [1.54, 1.807) is 0 Å². The van der Waals surface area contributed by atoms with Crippen molar-refractivity contribution < 1.29 is 0 Å². The molecule has 0 heterocycles. The van der Waals surface area contributed by atoms with Gasteiger partial charge in [-0.2, -0.15) is 0 Å². The minimum atomic E-state index is 0.715. The summed E-state index contributed by atoms with van der Waals surface area (Å²) in [6.07, 6.45) is 9.75. The first kappa shape index (κ1) is 14.5. The molecule has 1 aliphatic carbocycles. The van der Waals surface area contributed by atoms with Crippen LogP contribution >= 0.6 is 31.9 Å². The third-order valence-corrected chi connectivity index (χ3v) is 5.56. The summed E-state index contributed by atoms with van der Waals surface area (Å²) in [5.74, 6) is 0. The maximum atomic E-state index is 3.72. The van der Waals surface area contributed by atoms with Crippen molar-refractivity contribution in [2.75, 3.05) is 0 Å². The van der Waals surface area contributed by atoms with Crippen LogP contribution in [0.15, 0.2) is 27.1 Å². The van der Waals surface area contributed by atoms with Gasteiger partial charge in [0.25, 0.3) is 0 Å². The Labute approximate surface area is 127 Å². The van der Waals surface area contributed by atoms with Crippen LogP contribution in [0.4, 0.5) is 0 Å². The van der Waals surface area contributed by atoms with E-state index in [2.05, 4.69) is 55.4 Å². The number of benzene rings is 1. The zero-order chi connectivity index (χ0) is 12.8. The molecule has 2 rings (SSSR count). The molecule has 0 amide bonds. The SMILES string of the molecule is Brc1ccc(CNC2CCCCCCC2)cc1Br. The maximum absolute atomic E-state index is 3.72. The highest BCUT2D eigenvalue weighted by Gasteiger charge is 2.10. The van der Waals surface area contributed by atoms with Gasteiger partial charge in [-0.25, -0.2) is 0 Å². The Kier molecular flexibility index (Phi) is 6.19. The number of rotatable bonds is 3. The summed E-state index contributed by atoms with van der Waals surface area (Å²) < 4.78 is 2.26. The van der Waals surface area contributed by atoms with Crippen molar-refractivity contribution in [3.8, 4) is 0 Å². The molecule has 0 atom stereocenters. The highest BCUT2D eigenvalue weighted by Crippen LogP contribution is 2.24. The Hall–Kier alpha value is 0.140. The van der Waals surface area contributed by atoms with Crippen LogP contribution < -0.4 is 5.32 Å². The van der Waals surface area contributed by atoms with Crippen LogP contribution in [0, 0.1) is 0 Å². The van der Waals surface area contributed by atoms with Crippen molar-refractivity contribution in [3.05, 3.63) is 32.7 Å². The zero-order valence-electron chi connectivity index (χ0n) is 10.7. The van der Waals surface area contributed by atoms with Gasteiger partial charge in [-0.3, -0.25) is 0 Å². The van der Waals surface area contributed by atoms with Crippen LogP contribution in [0.2, 0.25) is 0 Å². The molecule has 3 heteroatoms. The van der Waals surface area contributed by atoms with Crippen molar-refractivity contribution in [2.24, 2.45) is 0 Å². The predicted molar refractivity (Wildman–Crippen MR) is 84.8 cm³/mol. The molecule has 1 aliphatic rings. The summed E-state index contributed by atoms with van der Waals surface area (Å²) in [4.78, 5) is 0. The molecule has 1 nitrogen and oxygen atoms in total. The molecule has 100 valence electrons. The van der Waals surface area contributed by atoms with Gasteiger partial charge in [-0.15, -0.1) is 0 Å². The molecule has 0 unspecified atom stereocenters. The molecule has 0 aromatic heterocycles. The molecule has 1 aromatic carbocycles. The normalized spacial score (nSPS) is 18.3. The van der Waals surface area contributed by atoms with Gasteiger partial charge in [0.05, 0.1) is 0 Å². The van der Waals surface area contributed by atoms with Gasteiger partial charge < -0.3 is 5.32 Å². The predicted octanol–water partition coefficient (Wildman–Crippen LogP) is 5.41. The molecule has 1 fully saturated rings. The summed E-state index contributed by atoms with van der Waals surface area (Å²) in [7, 11) is 0. The molecule has 0 saturated heterocycles. The maximum Gasteiger partial charge on any atom is 0.0320 e. The fraction of sp³-hybridized carbons (Fsp3) is 0.600. The van der Waals surface area contributed by atoms with E-state index in [-0.39, 0.29) is 0 Å². The van der Waals surface area contributed by atoms with E-state index in [0.717, 1.165) is 15.5 Å². The van der Waals surface area contributed by atoms with Gasteiger partial charge in [-0.1, -0.05) is 38.2 Å². The number of hydrogen-bond donors (Lipinski definition) is 1. The van der Waals surface area contributed by atoms with E-state index in [4.69, 9.17) is 0 Å². The van der Waals surface area contributed by atoms with Crippen LogP contribution in [-0.2, 0) is 6.54 Å². The largest absolute Gasteiger partial charge is 0.310 e. The number of halogens is 2. The number of nitrogens with one attached hydrogen (secondary N) is 1. The van der Waals surface area contributed by atoms with Gasteiger partial charge >= 0.3 is 0 Å². The first-order valence-electron chi connectivity index (χ1n) is 6.93. The molecule has 1 N–H and O–H groups in total. The number of hydrogen-bond acceptors (Lipinski definition) is 1. The molecule has 0 aliphatic heterocycles. The third-order valence-electron chi connectivity index (χ3n) is 3.68. The summed E-state index contributed by atoms with van der Waals surface area (Å²) in [6, 6.07) is 7.21. The van der Waals surface area contributed by atoms with Crippen LogP contribution in [0.1, 0.15) is 50.5 Å². The van der Waals surface area contributed by atoms with Gasteiger partial charge in [-0.05, 0) is 62.4 Å². The standard InChI is InChI=1S/C15H21Br2N/c16-14-9-8-12(10-15(14)17)11-18-13-6-4-2-1-3-5-7-13/h8-10,13,18H,1-7,11H2. The highest BCUT2D eigenvalue weighted by atomic mass is 79.9. The molecule has 0 bridgehead atoms. The van der Waals surface area contributed by atoms with Gasteiger partial charge in [0.1, 0.15) is 0 Å².